The van der Waals surface area contributed by atoms with Gasteiger partial charge in [-0.1, -0.05) is 0 Å². The van der Waals surface area contributed by atoms with E-state index >= 15 is 0 Å². The maximum Gasteiger partial charge on any atom is 0.257 e. The normalized spacial score (nSPS) is 20.7. The molecule has 0 aliphatic carbocycles. The van der Waals surface area contributed by atoms with Gasteiger partial charge in [0.05, 0.1) is 25.9 Å². The van der Waals surface area contributed by atoms with E-state index in [4.69, 9.17) is 19.9 Å². The minimum absolute atomic E-state index is 0.0630. The molecule has 2 N–H and O–H groups in total. The average Bonchev–Trinajstić information content (AvgIpc) is 2.95. The monoisotopic (exact) mass is 292 g/mol. The molecule has 1 spiro atoms. The Kier molecular flexibility index (Phi) is 3.73. The zero-order chi connectivity index (χ0) is 14.9. The number of nitrogen functional groups attached to an aromatic ring is 1. The number of rotatable bonds is 2. The van der Waals surface area contributed by atoms with E-state index in [9.17, 15) is 4.79 Å². The summed E-state index contributed by atoms with van der Waals surface area (Å²) in [5, 5.41) is 0. The number of hydrogen-bond acceptors (Lipinski definition) is 5. The maximum atomic E-state index is 12.6. The molecule has 3 rings (SSSR count). The molecule has 1 amide bonds. The third-order valence-corrected chi connectivity index (χ3v) is 4.08. The highest BCUT2D eigenvalue weighted by Crippen LogP contribution is 2.32. The number of amides is 1. The van der Waals surface area contributed by atoms with Crippen molar-refractivity contribution in [1.29, 1.82) is 0 Å². The van der Waals surface area contributed by atoms with Crippen LogP contribution in [0.5, 0.6) is 5.75 Å². The van der Waals surface area contributed by atoms with Crippen molar-refractivity contribution in [2.24, 2.45) is 0 Å². The first-order valence-electron chi connectivity index (χ1n) is 7.14. The molecule has 114 valence electrons. The van der Waals surface area contributed by atoms with Crippen molar-refractivity contribution in [3.63, 3.8) is 0 Å². The third-order valence-electron chi connectivity index (χ3n) is 4.08. The predicted molar refractivity (Wildman–Crippen MR) is 77.2 cm³/mol. The second kappa shape index (κ2) is 5.54. The topological polar surface area (TPSA) is 74.0 Å². The summed E-state index contributed by atoms with van der Waals surface area (Å²) in [5.74, 6) is 0.00573. The number of hydrogen-bond donors (Lipinski definition) is 1. The Morgan fingerprint density at radius 2 is 1.95 bits per heavy atom. The smallest absolute Gasteiger partial charge is 0.257 e. The number of anilines is 1. The molecule has 0 atom stereocenters. The van der Waals surface area contributed by atoms with Gasteiger partial charge in [0, 0.05) is 31.6 Å². The number of nitrogens with two attached hydrogens (primary N) is 1. The molecule has 0 saturated carbocycles. The number of nitrogens with zero attached hydrogens (tertiary/aromatic N) is 1. The minimum atomic E-state index is -0.476. The lowest BCUT2D eigenvalue weighted by Gasteiger charge is -2.37. The Balaban J connectivity index is 1.73. The van der Waals surface area contributed by atoms with Crippen molar-refractivity contribution < 1.29 is 19.0 Å². The highest BCUT2D eigenvalue weighted by molar-refractivity contribution is 5.97. The van der Waals surface area contributed by atoms with Crippen LogP contribution in [-0.4, -0.2) is 50.0 Å². The molecule has 21 heavy (non-hydrogen) atoms. The highest BCUT2D eigenvalue weighted by Gasteiger charge is 2.41. The first-order chi connectivity index (χ1) is 10.1. The summed E-state index contributed by atoms with van der Waals surface area (Å²) in [5.41, 5.74) is 6.83. The fraction of sp³-hybridized carbons (Fsp3) is 0.533. The second-order valence-electron chi connectivity index (χ2n) is 5.36. The van der Waals surface area contributed by atoms with Gasteiger partial charge < -0.3 is 24.8 Å². The van der Waals surface area contributed by atoms with Crippen molar-refractivity contribution in [1.82, 2.24) is 4.90 Å². The lowest BCUT2D eigenvalue weighted by Crippen LogP contribution is -2.47. The number of piperidine rings is 1. The van der Waals surface area contributed by atoms with E-state index in [2.05, 4.69) is 0 Å². The zero-order valence-corrected chi connectivity index (χ0v) is 12.1. The molecule has 2 aliphatic rings. The number of ether oxygens (including phenoxy) is 3. The molecule has 1 aromatic carbocycles. The number of benzene rings is 1. The Hall–Kier alpha value is -1.79. The fourth-order valence-electron chi connectivity index (χ4n) is 2.90. The van der Waals surface area contributed by atoms with Crippen LogP contribution in [0.25, 0.3) is 0 Å². The largest absolute Gasteiger partial charge is 0.496 e. The van der Waals surface area contributed by atoms with Crippen LogP contribution in [-0.2, 0) is 9.47 Å². The first kappa shape index (κ1) is 14.2. The summed E-state index contributed by atoms with van der Waals surface area (Å²) in [6.45, 7) is 2.49. The molecule has 0 radical (unpaired) electrons. The Morgan fingerprint density at radius 3 is 2.57 bits per heavy atom. The summed E-state index contributed by atoms with van der Waals surface area (Å²) in [6.07, 6.45) is 1.40. The van der Waals surface area contributed by atoms with Crippen molar-refractivity contribution in [3.05, 3.63) is 23.8 Å². The molecule has 0 unspecified atom stereocenters. The fourth-order valence-corrected chi connectivity index (χ4v) is 2.90. The lowest BCUT2D eigenvalue weighted by atomic mass is 10.0. The van der Waals surface area contributed by atoms with E-state index < -0.39 is 5.79 Å². The van der Waals surface area contributed by atoms with Gasteiger partial charge in [-0.05, 0) is 18.2 Å². The summed E-state index contributed by atoms with van der Waals surface area (Å²) in [4.78, 5) is 14.4. The molecule has 2 fully saturated rings. The van der Waals surface area contributed by atoms with E-state index in [1.807, 2.05) is 0 Å². The van der Waals surface area contributed by atoms with Crippen LogP contribution in [0, 0.1) is 0 Å². The van der Waals surface area contributed by atoms with E-state index in [1.54, 1.807) is 30.2 Å². The molecular formula is C15H20N2O4. The predicted octanol–water partition coefficient (Wildman–Crippen LogP) is 1.26. The van der Waals surface area contributed by atoms with E-state index in [1.165, 1.54) is 0 Å². The number of carbonyl (C=O) groups is 1. The maximum absolute atomic E-state index is 12.6. The van der Waals surface area contributed by atoms with Crippen molar-refractivity contribution in [2.75, 3.05) is 39.1 Å². The first-order valence-corrected chi connectivity index (χ1v) is 7.14. The molecule has 6 nitrogen and oxygen atoms in total. The SMILES string of the molecule is COc1ccc(N)cc1C(=O)N1CCC2(CC1)OCCO2. The molecule has 2 heterocycles. The molecule has 0 bridgehead atoms. The number of carbonyl (C=O) groups excluding carboxylic acids is 1. The minimum Gasteiger partial charge on any atom is -0.496 e. The van der Waals surface area contributed by atoms with Gasteiger partial charge >= 0.3 is 0 Å². The molecule has 1 aromatic rings. The number of methoxy groups -OCH3 is 1. The summed E-state index contributed by atoms with van der Waals surface area (Å²) in [6, 6.07) is 5.10. The second-order valence-corrected chi connectivity index (χ2v) is 5.36. The molecule has 6 heteroatoms. The molecule has 0 aromatic heterocycles. The Labute approximate surface area is 123 Å². The van der Waals surface area contributed by atoms with Gasteiger partial charge in [-0.25, -0.2) is 0 Å². The van der Waals surface area contributed by atoms with Crippen LogP contribution in [0.4, 0.5) is 5.69 Å². The zero-order valence-electron chi connectivity index (χ0n) is 12.1. The quantitative estimate of drug-likeness (QED) is 0.831. The Morgan fingerprint density at radius 1 is 1.29 bits per heavy atom. The van der Waals surface area contributed by atoms with Gasteiger partial charge in [-0.15, -0.1) is 0 Å². The highest BCUT2D eigenvalue weighted by atomic mass is 16.7. The molecule has 2 saturated heterocycles. The standard InChI is InChI=1S/C15H20N2O4/c1-19-13-3-2-11(16)10-12(13)14(18)17-6-4-15(5-7-17)20-8-9-21-15/h2-3,10H,4-9,16H2,1H3. The summed E-state index contributed by atoms with van der Waals surface area (Å²) in [7, 11) is 1.55. The van der Waals surface area contributed by atoms with Crippen LogP contribution in [0.1, 0.15) is 23.2 Å². The van der Waals surface area contributed by atoms with Gasteiger partial charge in [-0.2, -0.15) is 0 Å². The number of likely N-dealkylation sites (tertiary alicyclic amines) is 1. The third kappa shape index (κ3) is 2.69. The van der Waals surface area contributed by atoms with Gasteiger partial charge in [0.25, 0.3) is 5.91 Å². The van der Waals surface area contributed by atoms with Crippen molar-refractivity contribution >= 4 is 11.6 Å². The van der Waals surface area contributed by atoms with Gasteiger partial charge in [0.1, 0.15) is 5.75 Å². The lowest BCUT2D eigenvalue weighted by molar-refractivity contribution is -0.181. The average molecular weight is 292 g/mol. The van der Waals surface area contributed by atoms with Gasteiger partial charge in [0.15, 0.2) is 5.79 Å². The van der Waals surface area contributed by atoms with Crippen molar-refractivity contribution in [2.45, 2.75) is 18.6 Å². The van der Waals surface area contributed by atoms with Crippen LogP contribution in [0.3, 0.4) is 0 Å². The van der Waals surface area contributed by atoms with Crippen molar-refractivity contribution in [3.8, 4) is 5.75 Å². The molecule has 2 aliphatic heterocycles. The summed E-state index contributed by atoms with van der Waals surface area (Å²) < 4.78 is 16.6. The van der Waals surface area contributed by atoms with Crippen LogP contribution >= 0.6 is 0 Å². The van der Waals surface area contributed by atoms with Crippen LogP contribution in [0.2, 0.25) is 0 Å². The van der Waals surface area contributed by atoms with Crippen LogP contribution in [0.15, 0.2) is 18.2 Å². The Bertz CT molecular complexity index is 530. The van der Waals surface area contributed by atoms with E-state index in [0.717, 1.165) is 0 Å². The van der Waals surface area contributed by atoms with E-state index in [0.29, 0.717) is 56.1 Å². The van der Waals surface area contributed by atoms with Crippen LogP contribution < -0.4 is 10.5 Å². The van der Waals surface area contributed by atoms with Gasteiger partial charge in [-0.3, -0.25) is 4.79 Å². The molecular weight excluding hydrogens is 272 g/mol. The van der Waals surface area contributed by atoms with Gasteiger partial charge in [0.2, 0.25) is 0 Å². The summed E-state index contributed by atoms with van der Waals surface area (Å²) >= 11 is 0. The van der Waals surface area contributed by atoms with E-state index in [-0.39, 0.29) is 5.91 Å².